The van der Waals surface area contributed by atoms with E-state index in [-0.39, 0.29) is 16.2 Å². The second-order valence-electron chi connectivity index (χ2n) is 5.83. The van der Waals surface area contributed by atoms with Gasteiger partial charge in [-0.05, 0) is 29.8 Å². The molecule has 1 atom stereocenters. The molecule has 128 valence electrons. The molecule has 0 radical (unpaired) electrons. The van der Waals surface area contributed by atoms with Gasteiger partial charge in [-0.25, -0.2) is 0 Å². The number of fused-ring (bicyclic) bond motifs is 3. The van der Waals surface area contributed by atoms with Gasteiger partial charge in [0.15, 0.2) is 0 Å². The maximum Gasteiger partial charge on any atom is 0.240 e. The third kappa shape index (κ3) is 2.41. The van der Waals surface area contributed by atoms with E-state index in [9.17, 15) is 10.1 Å². The molecule has 0 aliphatic carbocycles. The van der Waals surface area contributed by atoms with Crippen molar-refractivity contribution in [3.8, 4) is 17.6 Å². The third-order valence-electron chi connectivity index (χ3n) is 4.40. The summed E-state index contributed by atoms with van der Waals surface area (Å²) in [7, 11) is 1.57. The molecule has 0 bridgehead atoms. The first-order valence-electron chi connectivity index (χ1n) is 7.91. The smallest absolute Gasteiger partial charge is 0.240 e. The highest BCUT2D eigenvalue weighted by molar-refractivity contribution is 7.16. The summed E-state index contributed by atoms with van der Waals surface area (Å²) < 4.78 is 11.7. The fourth-order valence-corrected chi connectivity index (χ4v) is 4.16. The highest BCUT2D eigenvalue weighted by Gasteiger charge is 2.34. The number of nitrogens with zero attached hydrogens (tertiary/aromatic N) is 1. The van der Waals surface area contributed by atoms with Gasteiger partial charge in [0, 0.05) is 10.1 Å². The average molecular weight is 362 g/mol. The summed E-state index contributed by atoms with van der Waals surface area (Å²) in [5.41, 5.74) is 7.47. The van der Waals surface area contributed by atoms with E-state index in [4.69, 9.17) is 15.2 Å². The Morgan fingerprint density at radius 3 is 2.81 bits per heavy atom. The first-order chi connectivity index (χ1) is 12.6. The Morgan fingerprint density at radius 1 is 1.23 bits per heavy atom. The summed E-state index contributed by atoms with van der Waals surface area (Å²) in [6.45, 7) is 0. The fourth-order valence-electron chi connectivity index (χ4n) is 3.22. The van der Waals surface area contributed by atoms with Gasteiger partial charge in [0.2, 0.25) is 10.6 Å². The minimum atomic E-state index is -0.591. The SMILES string of the molecule is COc1cccc([C@H]2C(C#N)=C(N)Oc3c2c(=O)sc2ccccc32)c1. The van der Waals surface area contributed by atoms with E-state index in [2.05, 4.69) is 6.07 Å². The summed E-state index contributed by atoms with van der Waals surface area (Å²) in [6.07, 6.45) is 0. The van der Waals surface area contributed by atoms with E-state index in [0.717, 1.165) is 27.0 Å². The number of allylic oxidation sites excluding steroid dienone is 1. The van der Waals surface area contributed by atoms with Gasteiger partial charge in [-0.15, -0.1) is 0 Å². The van der Waals surface area contributed by atoms with Crippen molar-refractivity contribution in [3.05, 3.63) is 80.7 Å². The number of benzene rings is 2. The predicted octanol–water partition coefficient (Wildman–Crippen LogP) is 3.49. The van der Waals surface area contributed by atoms with Gasteiger partial charge in [0.05, 0.1) is 18.6 Å². The Hall–Kier alpha value is -3.30. The van der Waals surface area contributed by atoms with Crippen molar-refractivity contribution >= 4 is 21.4 Å². The number of nitriles is 1. The summed E-state index contributed by atoms with van der Waals surface area (Å²) in [4.78, 5) is 12.9. The summed E-state index contributed by atoms with van der Waals surface area (Å²) in [5.74, 6) is 0.498. The zero-order valence-electron chi connectivity index (χ0n) is 13.9. The van der Waals surface area contributed by atoms with Crippen molar-refractivity contribution < 1.29 is 9.47 Å². The van der Waals surface area contributed by atoms with Gasteiger partial charge in [0.25, 0.3) is 0 Å². The van der Waals surface area contributed by atoms with Crippen LogP contribution in [0.4, 0.5) is 0 Å². The fraction of sp³-hybridized carbons (Fsp3) is 0.100. The zero-order valence-corrected chi connectivity index (χ0v) is 14.7. The van der Waals surface area contributed by atoms with Crippen LogP contribution in [0.3, 0.4) is 0 Å². The average Bonchev–Trinajstić information content (AvgIpc) is 2.67. The van der Waals surface area contributed by atoms with Crippen LogP contribution >= 0.6 is 11.3 Å². The van der Waals surface area contributed by atoms with Crippen molar-refractivity contribution in [1.82, 2.24) is 0 Å². The maximum atomic E-state index is 12.9. The van der Waals surface area contributed by atoms with Crippen LogP contribution in [-0.4, -0.2) is 7.11 Å². The second kappa shape index (κ2) is 6.21. The lowest BCUT2D eigenvalue weighted by molar-refractivity contribution is 0.397. The molecule has 0 fully saturated rings. The molecule has 0 saturated heterocycles. The second-order valence-corrected chi connectivity index (χ2v) is 6.84. The van der Waals surface area contributed by atoms with Crippen LogP contribution in [0.25, 0.3) is 10.1 Å². The molecule has 26 heavy (non-hydrogen) atoms. The molecule has 1 aliphatic rings. The van der Waals surface area contributed by atoms with Crippen molar-refractivity contribution in [1.29, 1.82) is 5.26 Å². The minimum Gasteiger partial charge on any atom is -0.497 e. The lowest BCUT2D eigenvalue weighted by atomic mass is 9.84. The highest BCUT2D eigenvalue weighted by Crippen LogP contribution is 2.44. The quantitative estimate of drug-likeness (QED) is 0.754. The number of hydrogen-bond donors (Lipinski definition) is 1. The van der Waals surface area contributed by atoms with Gasteiger partial charge in [0.1, 0.15) is 23.1 Å². The van der Waals surface area contributed by atoms with Crippen molar-refractivity contribution in [2.45, 2.75) is 5.92 Å². The molecule has 6 heteroatoms. The summed E-state index contributed by atoms with van der Waals surface area (Å²) >= 11 is 1.14. The molecule has 1 aliphatic heterocycles. The molecule has 5 nitrogen and oxygen atoms in total. The first-order valence-corrected chi connectivity index (χ1v) is 8.73. The maximum absolute atomic E-state index is 12.9. The van der Waals surface area contributed by atoms with Crippen molar-refractivity contribution in [3.63, 3.8) is 0 Å². The third-order valence-corrected chi connectivity index (χ3v) is 5.38. The molecule has 2 heterocycles. The number of rotatable bonds is 2. The molecule has 0 spiro atoms. The highest BCUT2D eigenvalue weighted by atomic mass is 32.1. The van der Waals surface area contributed by atoms with E-state index >= 15 is 0 Å². The zero-order chi connectivity index (χ0) is 18.3. The van der Waals surface area contributed by atoms with E-state index in [0.29, 0.717) is 17.1 Å². The number of nitrogens with two attached hydrogens (primary N) is 1. The summed E-state index contributed by atoms with van der Waals surface area (Å²) in [5, 5.41) is 10.5. The van der Waals surface area contributed by atoms with E-state index < -0.39 is 5.92 Å². The molecule has 0 saturated carbocycles. The number of hydrogen-bond acceptors (Lipinski definition) is 6. The van der Waals surface area contributed by atoms with Crippen LogP contribution in [0.5, 0.6) is 11.5 Å². The van der Waals surface area contributed by atoms with Gasteiger partial charge in [-0.2, -0.15) is 5.26 Å². The minimum absolute atomic E-state index is 0.0218. The molecular formula is C20H14N2O3S. The van der Waals surface area contributed by atoms with Gasteiger partial charge >= 0.3 is 0 Å². The Balaban J connectivity index is 2.07. The first kappa shape index (κ1) is 16.2. The number of ether oxygens (including phenoxy) is 2. The lowest BCUT2D eigenvalue weighted by Gasteiger charge is -2.26. The monoisotopic (exact) mass is 362 g/mol. The Bertz CT molecular complexity index is 1160. The Kier molecular flexibility index (Phi) is 3.86. The summed E-state index contributed by atoms with van der Waals surface area (Å²) in [6, 6.07) is 16.9. The van der Waals surface area contributed by atoms with Crippen LogP contribution in [0.15, 0.2) is 64.8 Å². The van der Waals surface area contributed by atoms with Crippen LogP contribution in [0.1, 0.15) is 17.0 Å². The van der Waals surface area contributed by atoms with E-state index in [1.165, 1.54) is 0 Å². The lowest BCUT2D eigenvalue weighted by Crippen LogP contribution is -2.25. The van der Waals surface area contributed by atoms with Crippen LogP contribution in [-0.2, 0) is 0 Å². The van der Waals surface area contributed by atoms with E-state index in [1.807, 2.05) is 48.5 Å². The molecule has 0 unspecified atom stereocenters. The van der Waals surface area contributed by atoms with Crippen LogP contribution in [0.2, 0.25) is 0 Å². The normalized spacial score (nSPS) is 15.9. The van der Waals surface area contributed by atoms with Crippen LogP contribution in [0, 0.1) is 11.3 Å². The molecule has 0 amide bonds. The molecular weight excluding hydrogens is 348 g/mol. The Morgan fingerprint density at radius 2 is 2.04 bits per heavy atom. The van der Waals surface area contributed by atoms with Crippen LogP contribution < -0.4 is 19.9 Å². The molecule has 2 aromatic carbocycles. The predicted molar refractivity (Wildman–Crippen MR) is 100 cm³/mol. The topological polar surface area (TPSA) is 85.3 Å². The largest absolute Gasteiger partial charge is 0.497 e. The van der Waals surface area contributed by atoms with E-state index in [1.54, 1.807) is 7.11 Å². The number of methoxy groups -OCH3 is 1. The van der Waals surface area contributed by atoms with Crippen molar-refractivity contribution in [2.75, 3.05) is 7.11 Å². The molecule has 3 aromatic rings. The van der Waals surface area contributed by atoms with Gasteiger partial charge in [-0.3, -0.25) is 4.79 Å². The molecule has 1 aromatic heterocycles. The molecule has 4 rings (SSSR count). The Labute approximate surface area is 153 Å². The molecule has 2 N–H and O–H groups in total. The standard InChI is InChI=1S/C20H14N2O3S/c1-24-12-6-4-5-11(9-12)16-14(10-21)19(22)25-18-13-7-2-3-8-15(13)26-20(23)17(16)18/h2-9,16H,22H2,1H3/t16-/m0/s1. The van der Waals surface area contributed by atoms with Crippen molar-refractivity contribution in [2.24, 2.45) is 5.73 Å². The van der Waals surface area contributed by atoms with Gasteiger partial charge in [-0.1, -0.05) is 35.6 Å². The van der Waals surface area contributed by atoms with Gasteiger partial charge < -0.3 is 15.2 Å².